The molecule has 1 aliphatic heterocycles. The second kappa shape index (κ2) is 31.2. The zero-order valence-electron chi connectivity index (χ0n) is 40.1. The molecule has 3 unspecified atom stereocenters. The van der Waals surface area contributed by atoms with E-state index >= 15 is 0 Å². The van der Waals surface area contributed by atoms with E-state index in [1.54, 1.807) is 0 Å². The molecule has 1 fully saturated rings. The average Bonchev–Trinajstić information content (AvgIpc) is 3.86. The number of ether oxygens (including phenoxy) is 1. The third kappa shape index (κ3) is 23.6. The first-order valence-corrected chi connectivity index (χ1v) is 28.2. The Morgan fingerprint density at radius 3 is 2.17 bits per heavy atom. The zero-order chi connectivity index (χ0) is 53.4. The summed E-state index contributed by atoms with van der Waals surface area (Å²) in [6, 6.07) is 0. The summed E-state index contributed by atoms with van der Waals surface area (Å²) >= 11 is 0.929. The normalized spacial score (nSPS) is 21.2. The van der Waals surface area contributed by atoms with Gasteiger partial charge in [0.2, 0.25) is 0 Å². The maximum Gasteiger partial charge on any atom is 0.481 e. The molecule has 72 heavy (non-hydrogen) atoms. The number of hydrogen-bond donors (Lipinski definition) is 6. The number of rotatable bonds is 34. The number of hydrogen-bond acceptors (Lipinski definition) is 23. The van der Waals surface area contributed by atoms with Gasteiger partial charge in [0.05, 0.1) is 39.6 Å². The maximum atomic E-state index is 12.7. The molecule has 1 aliphatic rings. The lowest BCUT2D eigenvalue weighted by atomic mass is 9.87. The minimum absolute atomic E-state index is 0.00966. The number of unbranched alkanes of at least 4 members (excludes halogenated alkanes) is 1. The predicted molar refractivity (Wildman–Crippen MR) is 260 cm³/mol. The number of carbonyl (C=O) groups is 1. The van der Waals surface area contributed by atoms with Gasteiger partial charge in [-0.1, -0.05) is 93.3 Å². The van der Waals surface area contributed by atoms with Crippen molar-refractivity contribution in [2.24, 2.45) is 15.4 Å². The van der Waals surface area contributed by atoms with E-state index in [4.69, 9.17) is 19.5 Å². The number of nitrogens with two attached hydrogens (primary N) is 1. The van der Waals surface area contributed by atoms with Crippen molar-refractivity contribution in [1.29, 1.82) is 0 Å². The van der Waals surface area contributed by atoms with Crippen LogP contribution in [0.3, 0.4) is 0 Å². The monoisotopic (exact) mass is 1090 g/mol. The molecule has 404 valence electrons. The van der Waals surface area contributed by atoms with Crippen LogP contribution in [0.15, 0.2) is 83.4 Å². The standard InChI is InChI=1S/C43H68N7O18P3S/c1-4-5-6-7-8-9-10-11-12-13-14-15-16-17-18-19-20-21-31(51)26-34(53)72-25-24-45-33(52)22-23-46-41(56)38(55)43(2,3)28-65-71(62,63)68-70(60,61)64-27-32-37(67-69(57,58)59)36(54)42(66-32)50-30-49-35-39(44)47-29-48-40(35)50/h5-6,8-9,11-12,14-15,17-18,29-32,36-38,42,51,54-55H,4,7,10,13,16,19-28H2,1-3H3,(H,45,52)(H,46,56)(H,60,61)(H,62,63)(H2,44,47,48)(H2,57,58,59)/p-4/b6-5-,9-8-,12-11-,15-14-,18-17+/t31?,32-,36-,37-,38+,42-/m1/s1. The van der Waals surface area contributed by atoms with Crippen LogP contribution in [-0.4, -0.2) is 124 Å². The van der Waals surface area contributed by atoms with Crippen molar-refractivity contribution >= 4 is 69.1 Å². The molecule has 25 nitrogen and oxygen atoms in total. The number of phosphoric acid groups is 3. The highest BCUT2D eigenvalue weighted by molar-refractivity contribution is 8.13. The molecule has 29 heteroatoms. The number of fused-ring (bicyclic) bond motifs is 1. The van der Waals surface area contributed by atoms with Crippen LogP contribution in [0.4, 0.5) is 5.82 Å². The van der Waals surface area contributed by atoms with Crippen molar-refractivity contribution in [3.05, 3.63) is 73.4 Å². The van der Waals surface area contributed by atoms with Crippen LogP contribution >= 0.6 is 35.2 Å². The Morgan fingerprint density at radius 2 is 1.54 bits per heavy atom. The Labute approximate surface area is 421 Å². The van der Waals surface area contributed by atoms with Gasteiger partial charge in [-0.2, -0.15) is 4.31 Å². The van der Waals surface area contributed by atoms with Crippen LogP contribution in [0, 0.1) is 5.41 Å². The van der Waals surface area contributed by atoms with E-state index in [0.717, 1.165) is 67.5 Å². The number of imidazole rings is 1. The quantitative estimate of drug-likeness (QED) is 0.0193. The number of anilines is 1. The summed E-state index contributed by atoms with van der Waals surface area (Å²) in [5.41, 5.74) is 4.11. The number of aliphatic hydroxyl groups is 3. The van der Waals surface area contributed by atoms with Crippen LogP contribution < -0.4 is 25.7 Å². The molecule has 7 N–H and O–H groups in total. The summed E-state index contributed by atoms with van der Waals surface area (Å²) in [5.74, 6) is -1.67. The van der Waals surface area contributed by atoms with E-state index in [1.807, 2.05) is 6.08 Å². The molecular weight excluding hydrogens is 1030 g/mol. The minimum Gasteiger partial charge on any atom is -0.862 e. The highest BCUT2D eigenvalue weighted by atomic mass is 32.2. The van der Waals surface area contributed by atoms with E-state index in [9.17, 15) is 63.6 Å². The van der Waals surface area contributed by atoms with Crippen molar-refractivity contribution < 1.29 is 86.2 Å². The van der Waals surface area contributed by atoms with Crippen LogP contribution in [0.25, 0.3) is 11.2 Å². The van der Waals surface area contributed by atoms with Crippen LogP contribution in [0.1, 0.15) is 91.2 Å². The van der Waals surface area contributed by atoms with Gasteiger partial charge in [-0.25, -0.2) is 24.1 Å². The number of thioether (sulfide) groups is 1. The zero-order valence-corrected chi connectivity index (χ0v) is 43.6. The number of aliphatic hydroxyl groups excluding tert-OH is 3. The van der Waals surface area contributed by atoms with Crippen LogP contribution in [0.2, 0.25) is 0 Å². The molecule has 1 saturated heterocycles. The lowest BCUT2D eigenvalue weighted by Crippen LogP contribution is -2.45. The van der Waals surface area contributed by atoms with E-state index in [-0.39, 0.29) is 47.2 Å². The van der Waals surface area contributed by atoms with Gasteiger partial charge in [-0.15, -0.1) is 0 Å². The number of allylic oxidation sites excluding steroid dienone is 10. The van der Waals surface area contributed by atoms with Gasteiger partial charge < -0.3 is 74.7 Å². The molecule has 0 radical (unpaired) electrons. The molecule has 8 atom stereocenters. The van der Waals surface area contributed by atoms with Gasteiger partial charge in [0.15, 0.2) is 22.8 Å². The van der Waals surface area contributed by atoms with E-state index in [2.05, 4.69) is 95.4 Å². The Morgan fingerprint density at radius 1 is 0.931 bits per heavy atom. The summed E-state index contributed by atoms with van der Waals surface area (Å²) in [4.78, 5) is 74.9. The van der Waals surface area contributed by atoms with Crippen molar-refractivity contribution in [2.45, 2.75) is 122 Å². The smallest absolute Gasteiger partial charge is 0.481 e. The molecule has 3 rings (SSSR count). The Balaban J connectivity index is 1.34. The average molecular weight is 1090 g/mol. The molecular formula is C43H64N7O18P3S-4. The lowest BCUT2D eigenvalue weighted by Gasteiger charge is -2.34. The van der Waals surface area contributed by atoms with Crippen LogP contribution in [-0.2, 0) is 41.1 Å². The van der Waals surface area contributed by atoms with Crippen molar-refractivity contribution in [3.8, 4) is 0 Å². The van der Waals surface area contributed by atoms with Gasteiger partial charge in [-0.3, -0.25) is 18.4 Å². The summed E-state index contributed by atoms with van der Waals surface area (Å²) in [7, 11) is -17.0. The molecule has 0 bridgehead atoms. The van der Waals surface area contributed by atoms with Crippen molar-refractivity contribution in [3.63, 3.8) is 0 Å². The fourth-order valence-electron chi connectivity index (χ4n) is 6.38. The number of aliphatic imine (C=N–C) groups is 2. The topological polar surface area (TPSA) is 402 Å². The number of carbonyl (C=O) groups excluding carboxylic acids is 1. The molecule has 0 amide bonds. The molecule has 0 aliphatic carbocycles. The van der Waals surface area contributed by atoms with E-state index in [0.29, 0.717) is 12.8 Å². The third-order valence-corrected chi connectivity index (χ3v) is 14.1. The Kier molecular flexibility index (Phi) is 27.1. The highest BCUT2D eigenvalue weighted by Gasteiger charge is 2.48. The molecule has 0 aromatic carbocycles. The molecule has 3 heterocycles. The van der Waals surface area contributed by atoms with Crippen LogP contribution in [0.5, 0.6) is 0 Å². The molecule has 0 spiro atoms. The second-order valence-electron chi connectivity index (χ2n) is 16.6. The lowest BCUT2D eigenvalue weighted by molar-refractivity contribution is -0.347. The Bertz CT molecular complexity index is 2380. The molecule has 2 aromatic heterocycles. The van der Waals surface area contributed by atoms with E-state index in [1.165, 1.54) is 13.8 Å². The van der Waals surface area contributed by atoms with Gasteiger partial charge in [-0.05, 0) is 69.6 Å². The third-order valence-electron chi connectivity index (χ3n) is 10.1. The fraction of sp³-hybridized carbons (Fsp3) is 0.581. The number of nitrogen functional groups attached to an aromatic ring is 1. The summed E-state index contributed by atoms with van der Waals surface area (Å²) in [5, 5.41) is 56.3. The van der Waals surface area contributed by atoms with Gasteiger partial charge in [0.25, 0.3) is 0 Å². The first-order chi connectivity index (χ1) is 33.9. The first-order valence-electron chi connectivity index (χ1n) is 22.8. The fourth-order valence-corrected chi connectivity index (χ4v) is 9.91. The largest absolute Gasteiger partial charge is 0.862 e. The minimum atomic E-state index is -5.84. The van der Waals surface area contributed by atoms with Gasteiger partial charge >= 0.3 is 15.6 Å². The van der Waals surface area contributed by atoms with Gasteiger partial charge in [0.1, 0.15) is 30.2 Å². The number of nitrogens with zero attached hydrogens (tertiary/aromatic N) is 6. The van der Waals surface area contributed by atoms with Crippen molar-refractivity contribution in [2.75, 3.05) is 37.8 Å². The summed E-state index contributed by atoms with van der Waals surface area (Å²) in [6.07, 6.45) is 19.3. The van der Waals surface area contributed by atoms with Gasteiger partial charge in [0, 0.05) is 30.7 Å². The second-order valence-corrected chi connectivity index (χ2v) is 21.9. The van der Waals surface area contributed by atoms with E-state index < -0.39 is 97.2 Å². The maximum absolute atomic E-state index is 12.7. The SMILES string of the molecule is CC/C=C\C/C=C\C/C=C\C/C=C\C/C=C/CCCC(O)CC(=O)SCCN=C([O-])CCN=C([O-])[C@H](O)C(C)(C)COP(=O)(O)OP(=O)(O)OC[C@H]1O[C@@H](n2cnc3c(N)ncnc32)[C@H](O)[C@@H]1OP(=O)([O-])[O-]. The number of aromatic nitrogens is 4. The highest BCUT2D eigenvalue weighted by Crippen LogP contribution is 2.61. The Hall–Kier alpha value is -3.78. The number of phosphoric ester groups is 3. The molecule has 0 saturated carbocycles. The van der Waals surface area contributed by atoms with Crippen molar-refractivity contribution in [1.82, 2.24) is 19.5 Å². The predicted octanol–water partition coefficient (Wildman–Crippen LogP) is 2.36. The first kappa shape index (κ1) is 62.5. The molecule has 2 aromatic rings. The summed E-state index contributed by atoms with van der Waals surface area (Å²) < 4.78 is 61.7. The summed E-state index contributed by atoms with van der Waals surface area (Å²) in [6.45, 7) is 1.98.